The molecule has 0 aliphatic rings. The fraction of sp³-hybridized carbons (Fsp3) is 0.769. The van der Waals surface area contributed by atoms with Crippen LogP contribution in [0.5, 0.6) is 0 Å². The molecule has 0 aromatic carbocycles. The first-order chi connectivity index (χ1) is 7.96. The summed E-state index contributed by atoms with van der Waals surface area (Å²) in [6, 6.07) is -0.209. The highest BCUT2D eigenvalue weighted by Crippen LogP contribution is 2.29. The molecule has 0 aromatic heterocycles. The van der Waals surface area contributed by atoms with Gasteiger partial charge in [0.1, 0.15) is 6.29 Å². The molecule has 1 N–H and O–H groups in total. The van der Waals surface area contributed by atoms with Gasteiger partial charge < -0.3 is 10.0 Å². The Morgan fingerprint density at radius 2 is 1.67 bits per heavy atom. The lowest BCUT2D eigenvalue weighted by atomic mass is 9.72. The molecule has 0 bridgehead atoms. The van der Waals surface area contributed by atoms with Crippen molar-refractivity contribution < 1.29 is 19.6 Å². The molecular formula is C13H23NO4. The predicted octanol–water partition coefficient (Wildman–Crippen LogP) is 1.48. The van der Waals surface area contributed by atoms with Gasteiger partial charge in [-0.2, -0.15) is 5.06 Å². The highest BCUT2D eigenvalue weighted by molar-refractivity contribution is 6.13. The molecule has 0 amide bonds. The molecule has 0 saturated carbocycles. The van der Waals surface area contributed by atoms with Gasteiger partial charge in [0.15, 0.2) is 11.6 Å². The molecule has 0 aliphatic heterocycles. The van der Waals surface area contributed by atoms with Crippen molar-refractivity contribution in [1.29, 1.82) is 0 Å². The minimum Gasteiger partial charge on any atom is -0.313 e. The van der Waals surface area contributed by atoms with Crippen molar-refractivity contribution in [3.8, 4) is 0 Å². The average molecular weight is 257 g/mol. The van der Waals surface area contributed by atoms with Crippen molar-refractivity contribution in [3.63, 3.8) is 0 Å². The van der Waals surface area contributed by atoms with E-state index >= 15 is 0 Å². The number of carbonyl (C=O) groups excluding carboxylic acids is 3. The smallest absolute Gasteiger partial charge is 0.162 e. The van der Waals surface area contributed by atoms with E-state index in [0.29, 0.717) is 6.29 Å². The van der Waals surface area contributed by atoms with E-state index in [1.165, 1.54) is 27.7 Å². The fourth-order valence-electron chi connectivity index (χ4n) is 1.51. The van der Waals surface area contributed by atoms with E-state index < -0.39 is 22.4 Å². The molecule has 0 radical (unpaired) electrons. The molecule has 0 spiro atoms. The zero-order valence-corrected chi connectivity index (χ0v) is 12.0. The van der Waals surface area contributed by atoms with Crippen LogP contribution in [0.15, 0.2) is 0 Å². The van der Waals surface area contributed by atoms with Crippen LogP contribution in [-0.2, 0) is 14.4 Å². The van der Waals surface area contributed by atoms with Crippen molar-refractivity contribution >= 4 is 17.9 Å². The first kappa shape index (κ1) is 16.9. The second kappa shape index (κ2) is 5.71. The number of ketones is 2. The largest absolute Gasteiger partial charge is 0.313 e. The lowest BCUT2D eigenvalue weighted by Gasteiger charge is -2.30. The second-order valence-electron chi connectivity index (χ2n) is 5.91. The third-order valence-electron chi connectivity index (χ3n) is 3.05. The Labute approximate surface area is 108 Å². The summed E-state index contributed by atoms with van der Waals surface area (Å²) in [5.41, 5.74) is -2.49. The van der Waals surface area contributed by atoms with Crippen LogP contribution in [-0.4, -0.2) is 40.7 Å². The zero-order chi connectivity index (χ0) is 14.7. The fourth-order valence-corrected chi connectivity index (χ4v) is 1.51. The van der Waals surface area contributed by atoms with Crippen LogP contribution in [0.1, 0.15) is 41.5 Å². The average Bonchev–Trinajstić information content (AvgIpc) is 2.27. The molecule has 0 atom stereocenters. The van der Waals surface area contributed by atoms with Crippen LogP contribution in [0.4, 0.5) is 0 Å². The van der Waals surface area contributed by atoms with Crippen molar-refractivity contribution in [2.24, 2.45) is 10.8 Å². The van der Waals surface area contributed by atoms with Gasteiger partial charge in [-0.25, -0.2) is 0 Å². The van der Waals surface area contributed by atoms with Gasteiger partial charge in [-0.1, -0.05) is 0 Å². The number of hydrogen-bond acceptors (Lipinski definition) is 5. The number of rotatable bonds is 7. The summed E-state index contributed by atoms with van der Waals surface area (Å²) in [4.78, 5) is 35.1. The summed E-state index contributed by atoms with van der Waals surface area (Å²) < 4.78 is 0. The number of nitrogens with zero attached hydrogens (tertiary/aromatic N) is 1. The van der Waals surface area contributed by atoms with E-state index in [1.807, 2.05) is 0 Å². The topological polar surface area (TPSA) is 74.7 Å². The van der Waals surface area contributed by atoms with E-state index in [-0.39, 0.29) is 12.6 Å². The van der Waals surface area contributed by atoms with E-state index in [9.17, 15) is 19.6 Å². The third kappa shape index (κ3) is 3.71. The first-order valence-electron chi connectivity index (χ1n) is 5.97. The van der Waals surface area contributed by atoms with E-state index in [2.05, 4.69) is 0 Å². The van der Waals surface area contributed by atoms with Crippen LogP contribution in [0.25, 0.3) is 0 Å². The van der Waals surface area contributed by atoms with Crippen LogP contribution in [0, 0.1) is 10.8 Å². The Bertz CT molecular complexity index is 345. The normalized spacial score (nSPS) is 12.9. The molecule has 104 valence electrons. The van der Waals surface area contributed by atoms with Crippen molar-refractivity contribution in [2.45, 2.75) is 47.6 Å². The minimum atomic E-state index is -1.29. The summed E-state index contributed by atoms with van der Waals surface area (Å²) in [5, 5.41) is 10.4. The maximum Gasteiger partial charge on any atom is 0.162 e. The molecule has 5 nitrogen and oxygen atoms in total. The molecule has 0 fully saturated rings. The molecule has 0 rings (SSSR count). The summed E-state index contributed by atoms with van der Waals surface area (Å²) >= 11 is 0. The molecule has 0 heterocycles. The van der Waals surface area contributed by atoms with Gasteiger partial charge >= 0.3 is 0 Å². The van der Waals surface area contributed by atoms with Crippen LogP contribution in [0.2, 0.25) is 0 Å². The zero-order valence-electron chi connectivity index (χ0n) is 12.0. The lowest BCUT2D eigenvalue weighted by Crippen LogP contribution is -2.47. The van der Waals surface area contributed by atoms with E-state index in [0.717, 1.165) is 5.06 Å². The van der Waals surface area contributed by atoms with Gasteiger partial charge in [-0.05, 0) is 41.5 Å². The van der Waals surface area contributed by atoms with Crippen LogP contribution in [0.3, 0.4) is 0 Å². The second-order valence-corrected chi connectivity index (χ2v) is 5.91. The SMILES string of the molecule is CC(C)N(O)CC(=O)C(C)(C)C(=O)C(C)(C)C=O. The molecule has 0 unspecified atom stereocenters. The third-order valence-corrected chi connectivity index (χ3v) is 3.05. The van der Waals surface area contributed by atoms with Crippen LogP contribution < -0.4 is 0 Å². The lowest BCUT2D eigenvalue weighted by molar-refractivity contribution is -0.157. The first-order valence-corrected chi connectivity index (χ1v) is 5.97. The summed E-state index contributed by atoms with van der Waals surface area (Å²) in [7, 11) is 0. The van der Waals surface area contributed by atoms with E-state index in [1.54, 1.807) is 13.8 Å². The quantitative estimate of drug-likeness (QED) is 0.425. The Hall–Kier alpha value is -1.07. The predicted molar refractivity (Wildman–Crippen MR) is 67.3 cm³/mol. The Balaban J connectivity index is 4.99. The summed E-state index contributed by atoms with van der Waals surface area (Å²) in [6.07, 6.45) is 0.545. The number of Topliss-reactive ketones (excluding diaryl/α,β-unsaturated/α-hetero) is 2. The molecular weight excluding hydrogens is 234 g/mol. The summed E-state index contributed by atoms with van der Waals surface area (Å²) in [5.74, 6) is -0.842. The minimum absolute atomic E-state index is 0.209. The van der Waals surface area contributed by atoms with Gasteiger partial charge in [0, 0.05) is 6.04 Å². The van der Waals surface area contributed by atoms with Crippen molar-refractivity contribution in [3.05, 3.63) is 0 Å². The highest BCUT2D eigenvalue weighted by Gasteiger charge is 2.44. The standard InChI is InChI=1S/C13H23NO4/c1-9(2)14(18)7-10(16)13(5,6)11(17)12(3,4)8-15/h8-9,18H,7H2,1-6H3. The van der Waals surface area contributed by atoms with Gasteiger partial charge in [0.25, 0.3) is 0 Å². The Morgan fingerprint density at radius 1 is 1.22 bits per heavy atom. The maximum atomic E-state index is 12.2. The Morgan fingerprint density at radius 3 is 2.00 bits per heavy atom. The van der Waals surface area contributed by atoms with Crippen molar-refractivity contribution in [2.75, 3.05) is 6.54 Å². The van der Waals surface area contributed by atoms with E-state index in [4.69, 9.17) is 0 Å². The Kier molecular flexibility index (Phi) is 5.37. The van der Waals surface area contributed by atoms with Gasteiger partial charge in [0.2, 0.25) is 0 Å². The maximum absolute atomic E-state index is 12.2. The van der Waals surface area contributed by atoms with Crippen LogP contribution >= 0.6 is 0 Å². The monoisotopic (exact) mass is 257 g/mol. The molecule has 0 aromatic rings. The highest BCUT2D eigenvalue weighted by atomic mass is 16.5. The number of aldehydes is 1. The van der Waals surface area contributed by atoms with Gasteiger partial charge in [0.05, 0.1) is 17.4 Å². The number of hydroxylamine groups is 2. The van der Waals surface area contributed by atoms with Gasteiger partial charge in [-0.15, -0.1) is 0 Å². The number of carbonyl (C=O) groups is 3. The summed E-state index contributed by atoms with van der Waals surface area (Å²) in [6.45, 7) is 9.17. The molecule has 5 heteroatoms. The molecule has 0 saturated heterocycles. The molecule has 0 aliphatic carbocycles. The van der Waals surface area contributed by atoms with Gasteiger partial charge in [-0.3, -0.25) is 9.59 Å². The molecule has 18 heavy (non-hydrogen) atoms. The van der Waals surface area contributed by atoms with Crippen molar-refractivity contribution in [1.82, 2.24) is 5.06 Å². The number of hydrogen-bond donors (Lipinski definition) is 1.